The van der Waals surface area contributed by atoms with Crippen molar-refractivity contribution in [2.24, 2.45) is 5.92 Å². The summed E-state index contributed by atoms with van der Waals surface area (Å²) in [5, 5.41) is 11.4. The Bertz CT molecular complexity index is 615. The number of amides is 1. The molecule has 0 fully saturated rings. The summed E-state index contributed by atoms with van der Waals surface area (Å²) in [5.41, 5.74) is 0. The number of hydrogen-bond acceptors (Lipinski definition) is 4. The van der Waals surface area contributed by atoms with Crippen molar-refractivity contribution in [3.63, 3.8) is 0 Å². The lowest BCUT2D eigenvalue weighted by atomic mass is 10.0. The largest absolute Gasteiger partial charge is 0.481 e. The van der Waals surface area contributed by atoms with E-state index in [-0.39, 0.29) is 17.9 Å². The Hall–Kier alpha value is -1.93. The van der Waals surface area contributed by atoms with Gasteiger partial charge in [0.15, 0.2) is 0 Å². The summed E-state index contributed by atoms with van der Waals surface area (Å²) in [7, 11) is -3.64. The van der Waals surface area contributed by atoms with Crippen molar-refractivity contribution in [3.05, 3.63) is 30.3 Å². The molecule has 0 aliphatic heterocycles. The summed E-state index contributed by atoms with van der Waals surface area (Å²) in [5.74, 6) is -2.13. The summed E-state index contributed by atoms with van der Waals surface area (Å²) in [6.07, 6.45) is -0.0667. The van der Waals surface area contributed by atoms with Gasteiger partial charge in [0.25, 0.3) is 0 Å². The monoisotopic (exact) mass is 328 g/mol. The number of benzene rings is 1. The smallest absolute Gasteiger partial charge is 0.308 e. The molecule has 1 amide bonds. The molecule has 0 radical (unpaired) electrons. The molecule has 8 heteroatoms. The Kier molecular flexibility index (Phi) is 6.51. The fraction of sp³-hybridized carbons (Fsp3) is 0.429. The molecule has 0 spiro atoms. The third kappa shape index (κ3) is 5.45. The first-order chi connectivity index (χ1) is 10.2. The van der Waals surface area contributed by atoms with Crippen molar-refractivity contribution in [3.8, 4) is 0 Å². The summed E-state index contributed by atoms with van der Waals surface area (Å²) in [4.78, 5) is 22.6. The number of nitrogens with one attached hydrogen (secondary N) is 2. The highest BCUT2D eigenvalue weighted by Crippen LogP contribution is 2.07. The number of carboxylic acids is 1. The van der Waals surface area contributed by atoms with Crippen LogP contribution in [0.15, 0.2) is 35.2 Å². The summed E-state index contributed by atoms with van der Waals surface area (Å²) in [6, 6.07) is 7.30. The van der Waals surface area contributed by atoms with Crippen molar-refractivity contribution in [1.29, 1.82) is 0 Å². The van der Waals surface area contributed by atoms with E-state index >= 15 is 0 Å². The average molecular weight is 328 g/mol. The molecule has 122 valence electrons. The Labute approximate surface area is 129 Å². The molecule has 2 unspecified atom stereocenters. The van der Waals surface area contributed by atoms with Crippen LogP contribution in [-0.4, -0.2) is 38.0 Å². The van der Waals surface area contributed by atoms with E-state index in [2.05, 4.69) is 10.0 Å². The molecule has 3 N–H and O–H groups in total. The van der Waals surface area contributed by atoms with E-state index in [0.717, 1.165) is 0 Å². The SMILES string of the molecule is CC(NC(=O)CCNS(=O)(=O)c1ccccc1)C(C)C(=O)O. The van der Waals surface area contributed by atoms with Gasteiger partial charge >= 0.3 is 5.97 Å². The van der Waals surface area contributed by atoms with Crippen molar-refractivity contribution >= 4 is 21.9 Å². The molecule has 0 bridgehead atoms. The highest BCUT2D eigenvalue weighted by Gasteiger charge is 2.21. The van der Waals surface area contributed by atoms with Gasteiger partial charge in [-0.05, 0) is 26.0 Å². The molecule has 22 heavy (non-hydrogen) atoms. The second-order valence-electron chi connectivity index (χ2n) is 4.94. The fourth-order valence-corrected chi connectivity index (χ4v) is 2.70. The summed E-state index contributed by atoms with van der Waals surface area (Å²) in [6.45, 7) is 3.02. The van der Waals surface area contributed by atoms with Gasteiger partial charge in [0.05, 0.1) is 10.8 Å². The first-order valence-corrected chi connectivity index (χ1v) is 8.29. The van der Waals surface area contributed by atoms with Crippen LogP contribution in [-0.2, 0) is 19.6 Å². The lowest BCUT2D eigenvalue weighted by molar-refractivity contribution is -0.142. The van der Waals surface area contributed by atoms with Crippen LogP contribution < -0.4 is 10.0 Å². The van der Waals surface area contributed by atoms with E-state index in [4.69, 9.17) is 5.11 Å². The number of rotatable bonds is 8. The molecule has 2 atom stereocenters. The van der Waals surface area contributed by atoms with Gasteiger partial charge in [-0.3, -0.25) is 9.59 Å². The third-order valence-corrected chi connectivity index (χ3v) is 4.70. The quantitative estimate of drug-likeness (QED) is 0.646. The minimum atomic E-state index is -3.64. The standard InChI is InChI=1S/C14H20N2O5S/c1-10(14(18)19)11(2)16-13(17)8-9-15-22(20,21)12-6-4-3-5-7-12/h3-7,10-11,15H,8-9H2,1-2H3,(H,16,17)(H,18,19). The van der Waals surface area contributed by atoms with Gasteiger partial charge in [-0.2, -0.15) is 0 Å². The minimum Gasteiger partial charge on any atom is -0.481 e. The minimum absolute atomic E-state index is 0.0583. The van der Waals surface area contributed by atoms with Gasteiger partial charge in [-0.15, -0.1) is 0 Å². The van der Waals surface area contributed by atoms with Gasteiger partial charge in [-0.1, -0.05) is 18.2 Å². The van der Waals surface area contributed by atoms with Crippen LogP contribution in [0.2, 0.25) is 0 Å². The lowest BCUT2D eigenvalue weighted by Crippen LogP contribution is -2.41. The molecule has 0 aliphatic rings. The fourth-order valence-electron chi connectivity index (χ4n) is 1.65. The number of carbonyl (C=O) groups excluding carboxylic acids is 1. The predicted molar refractivity (Wildman–Crippen MR) is 80.7 cm³/mol. The van der Waals surface area contributed by atoms with E-state index in [0.29, 0.717) is 0 Å². The third-order valence-electron chi connectivity index (χ3n) is 3.23. The van der Waals surface area contributed by atoms with Crippen molar-refractivity contribution < 1.29 is 23.1 Å². The van der Waals surface area contributed by atoms with Gasteiger partial charge in [0, 0.05) is 19.0 Å². The maximum Gasteiger partial charge on any atom is 0.308 e. The molecule has 0 aromatic heterocycles. The number of carboxylic acid groups (broad SMARTS) is 1. The second kappa shape index (κ2) is 7.90. The van der Waals surface area contributed by atoms with Gasteiger partial charge in [0.1, 0.15) is 0 Å². The second-order valence-corrected chi connectivity index (χ2v) is 6.71. The first-order valence-electron chi connectivity index (χ1n) is 6.81. The zero-order chi connectivity index (χ0) is 16.8. The van der Waals surface area contributed by atoms with E-state index < -0.39 is 33.9 Å². The van der Waals surface area contributed by atoms with Crippen molar-refractivity contribution in [2.45, 2.75) is 31.2 Å². The predicted octanol–water partition coefficient (Wildman–Crippen LogP) is 0.580. The number of aliphatic carboxylic acids is 1. The van der Waals surface area contributed by atoms with Crippen LogP contribution in [0, 0.1) is 5.92 Å². The Morgan fingerprint density at radius 3 is 2.32 bits per heavy atom. The van der Waals surface area contributed by atoms with Crippen LogP contribution in [0.3, 0.4) is 0 Å². The van der Waals surface area contributed by atoms with Crippen LogP contribution in [0.4, 0.5) is 0 Å². The van der Waals surface area contributed by atoms with E-state index in [1.807, 2.05) is 0 Å². The van der Waals surface area contributed by atoms with Gasteiger partial charge in [-0.25, -0.2) is 13.1 Å². The Morgan fingerprint density at radius 1 is 1.18 bits per heavy atom. The van der Waals surface area contributed by atoms with Crippen molar-refractivity contribution in [1.82, 2.24) is 10.0 Å². The zero-order valence-electron chi connectivity index (χ0n) is 12.4. The molecule has 1 aromatic rings. The topological polar surface area (TPSA) is 113 Å². The number of sulfonamides is 1. The normalized spacial score (nSPS) is 14.1. The highest BCUT2D eigenvalue weighted by molar-refractivity contribution is 7.89. The molecule has 0 heterocycles. The zero-order valence-corrected chi connectivity index (χ0v) is 13.3. The molecular formula is C14H20N2O5S. The van der Waals surface area contributed by atoms with E-state index in [9.17, 15) is 18.0 Å². The lowest BCUT2D eigenvalue weighted by Gasteiger charge is -2.17. The van der Waals surface area contributed by atoms with E-state index in [1.54, 1.807) is 25.1 Å². The Morgan fingerprint density at radius 2 is 1.77 bits per heavy atom. The molecule has 0 aliphatic carbocycles. The average Bonchev–Trinajstić information content (AvgIpc) is 2.46. The van der Waals surface area contributed by atoms with Crippen LogP contribution >= 0.6 is 0 Å². The van der Waals surface area contributed by atoms with Crippen LogP contribution in [0.5, 0.6) is 0 Å². The van der Waals surface area contributed by atoms with Gasteiger partial charge in [0.2, 0.25) is 15.9 Å². The van der Waals surface area contributed by atoms with Crippen LogP contribution in [0.1, 0.15) is 20.3 Å². The molecule has 0 saturated carbocycles. The van der Waals surface area contributed by atoms with E-state index in [1.165, 1.54) is 19.1 Å². The maximum absolute atomic E-state index is 11.9. The number of carbonyl (C=O) groups is 2. The first kappa shape index (κ1) is 18.1. The molecule has 1 aromatic carbocycles. The molecule has 1 rings (SSSR count). The Balaban J connectivity index is 2.44. The van der Waals surface area contributed by atoms with Crippen LogP contribution in [0.25, 0.3) is 0 Å². The summed E-state index contributed by atoms with van der Waals surface area (Å²) >= 11 is 0. The molecule has 0 saturated heterocycles. The maximum atomic E-state index is 11.9. The van der Waals surface area contributed by atoms with Crippen molar-refractivity contribution in [2.75, 3.05) is 6.54 Å². The number of hydrogen-bond donors (Lipinski definition) is 3. The van der Waals surface area contributed by atoms with Gasteiger partial charge < -0.3 is 10.4 Å². The summed E-state index contributed by atoms with van der Waals surface area (Å²) < 4.78 is 26.2. The molecular weight excluding hydrogens is 308 g/mol. The highest BCUT2D eigenvalue weighted by atomic mass is 32.2. The molecule has 7 nitrogen and oxygen atoms in total.